The summed E-state index contributed by atoms with van der Waals surface area (Å²) in [6, 6.07) is 10.3. The molecular formula is C20H18FN5O3. The molecule has 29 heavy (non-hydrogen) atoms. The molecule has 2 aliphatic rings. The van der Waals surface area contributed by atoms with E-state index < -0.39 is 5.82 Å². The van der Waals surface area contributed by atoms with Gasteiger partial charge in [0.15, 0.2) is 11.5 Å². The standard InChI is InChI=1S/C20H18FN5O3/c21-15-8-14(20-22-24-25-23-20)4-3-12(15)10-19(27)26-7-1-2-16(26)13-5-6-17-18(9-13)29-11-28-17/h3-6,8-9,16H,1-2,7,10-11H2,(H,22,23,24,25). The third-order valence-corrected chi connectivity index (χ3v) is 5.35. The van der Waals surface area contributed by atoms with E-state index in [-0.39, 0.29) is 25.2 Å². The second kappa shape index (κ2) is 7.16. The van der Waals surface area contributed by atoms with Crippen molar-refractivity contribution >= 4 is 5.91 Å². The lowest BCUT2D eigenvalue weighted by Crippen LogP contribution is -2.32. The quantitative estimate of drug-likeness (QED) is 0.730. The van der Waals surface area contributed by atoms with Gasteiger partial charge in [0.2, 0.25) is 18.5 Å². The molecule has 8 nitrogen and oxygen atoms in total. The minimum Gasteiger partial charge on any atom is -0.454 e. The maximum atomic E-state index is 14.6. The first kappa shape index (κ1) is 17.6. The summed E-state index contributed by atoms with van der Waals surface area (Å²) < 4.78 is 25.4. The maximum Gasteiger partial charge on any atom is 0.231 e. The Labute approximate surface area is 165 Å². The number of fused-ring (bicyclic) bond motifs is 1. The lowest BCUT2D eigenvalue weighted by atomic mass is 10.0. The number of carbonyl (C=O) groups excluding carboxylic acids is 1. The minimum absolute atomic E-state index is 0.000586. The summed E-state index contributed by atoms with van der Waals surface area (Å²) >= 11 is 0. The third kappa shape index (κ3) is 3.28. The Kier molecular flexibility index (Phi) is 4.34. The molecule has 1 unspecified atom stereocenters. The number of H-pyrrole nitrogens is 1. The normalized spacial score (nSPS) is 17.7. The van der Waals surface area contributed by atoms with Crippen LogP contribution in [0.15, 0.2) is 36.4 Å². The lowest BCUT2D eigenvalue weighted by molar-refractivity contribution is -0.131. The molecule has 2 aliphatic heterocycles. The molecule has 1 amide bonds. The molecule has 1 aromatic heterocycles. The molecule has 0 saturated carbocycles. The number of tetrazole rings is 1. The zero-order valence-electron chi connectivity index (χ0n) is 15.5. The van der Waals surface area contributed by atoms with Crippen molar-refractivity contribution in [3.63, 3.8) is 0 Å². The van der Waals surface area contributed by atoms with Crippen LogP contribution < -0.4 is 9.47 Å². The lowest BCUT2D eigenvalue weighted by Gasteiger charge is -2.25. The van der Waals surface area contributed by atoms with Crippen LogP contribution in [0, 0.1) is 5.82 Å². The van der Waals surface area contributed by atoms with Crippen LogP contribution >= 0.6 is 0 Å². The monoisotopic (exact) mass is 395 g/mol. The molecule has 5 rings (SSSR count). The Morgan fingerprint density at radius 1 is 1.21 bits per heavy atom. The predicted octanol–water partition coefficient (Wildman–Crippen LogP) is 2.64. The molecule has 3 aromatic rings. The zero-order valence-corrected chi connectivity index (χ0v) is 15.5. The summed E-state index contributed by atoms with van der Waals surface area (Å²) in [4.78, 5) is 14.8. The van der Waals surface area contributed by atoms with E-state index in [0.717, 1.165) is 18.4 Å². The minimum atomic E-state index is -0.459. The number of carbonyl (C=O) groups is 1. The number of rotatable bonds is 4. The first-order valence-electron chi connectivity index (χ1n) is 9.40. The van der Waals surface area contributed by atoms with Crippen LogP contribution in [0.3, 0.4) is 0 Å². The van der Waals surface area contributed by atoms with Crippen LogP contribution in [-0.4, -0.2) is 44.8 Å². The van der Waals surface area contributed by atoms with Gasteiger partial charge in [-0.15, -0.1) is 10.2 Å². The molecular weight excluding hydrogens is 377 g/mol. The SMILES string of the molecule is O=C(Cc1ccc(-c2nn[nH]n2)cc1F)N1CCCC1c1ccc2c(c1)OCO2. The summed E-state index contributed by atoms with van der Waals surface area (Å²) in [6.45, 7) is 0.867. The van der Waals surface area contributed by atoms with Gasteiger partial charge in [0, 0.05) is 12.1 Å². The van der Waals surface area contributed by atoms with Gasteiger partial charge in [0.1, 0.15) is 5.82 Å². The molecule has 148 valence electrons. The van der Waals surface area contributed by atoms with Crippen molar-refractivity contribution in [2.24, 2.45) is 0 Å². The molecule has 9 heteroatoms. The molecule has 0 bridgehead atoms. The van der Waals surface area contributed by atoms with Gasteiger partial charge in [-0.25, -0.2) is 4.39 Å². The van der Waals surface area contributed by atoms with Crippen molar-refractivity contribution in [1.29, 1.82) is 0 Å². The molecule has 0 spiro atoms. The number of nitrogens with zero attached hydrogens (tertiary/aromatic N) is 4. The van der Waals surface area contributed by atoms with E-state index in [1.165, 1.54) is 6.07 Å². The van der Waals surface area contributed by atoms with E-state index in [2.05, 4.69) is 20.6 Å². The van der Waals surface area contributed by atoms with Crippen LogP contribution in [0.4, 0.5) is 4.39 Å². The predicted molar refractivity (Wildman–Crippen MR) is 99.5 cm³/mol. The number of likely N-dealkylation sites (tertiary alicyclic amines) is 1. The van der Waals surface area contributed by atoms with Crippen LogP contribution in [0.5, 0.6) is 11.5 Å². The highest BCUT2D eigenvalue weighted by Crippen LogP contribution is 2.39. The van der Waals surface area contributed by atoms with Gasteiger partial charge in [-0.1, -0.05) is 18.2 Å². The van der Waals surface area contributed by atoms with Gasteiger partial charge in [-0.05, 0) is 47.4 Å². The van der Waals surface area contributed by atoms with Crippen molar-refractivity contribution in [1.82, 2.24) is 25.5 Å². The summed E-state index contributed by atoms with van der Waals surface area (Å²) in [5.41, 5.74) is 1.86. The zero-order chi connectivity index (χ0) is 19.8. The van der Waals surface area contributed by atoms with E-state index in [9.17, 15) is 9.18 Å². The summed E-state index contributed by atoms with van der Waals surface area (Å²) in [6.07, 6.45) is 1.77. The fourth-order valence-corrected chi connectivity index (χ4v) is 3.91. The van der Waals surface area contributed by atoms with Crippen LogP contribution in [0.2, 0.25) is 0 Å². The van der Waals surface area contributed by atoms with E-state index >= 15 is 0 Å². The smallest absolute Gasteiger partial charge is 0.231 e. The number of hydrogen-bond acceptors (Lipinski definition) is 6. The summed E-state index contributed by atoms with van der Waals surface area (Å²) in [5, 5.41) is 13.5. The highest BCUT2D eigenvalue weighted by atomic mass is 19.1. The molecule has 0 radical (unpaired) electrons. The highest BCUT2D eigenvalue weighted by Gasteiger charge is 2.31. The first-order valence-corrected chi connectivity index (χ1v) is 9.40. The van der Waals surface area contributed by atoms with E-state index in [1.807, 2.05) is 23.1 Å². The molecule has 1 fully saturated rings. The average molecular weight is 395 g/mol. The van der Waals surface area contributed by atoms with Gasteiger partial charge in [-0.3, -0.25) is 4.79 Å². The van der Waals surface area contributed by atoms with E-state index in [4.69, 9.17) is 9.47 Å². The third-order valence-electron chi connectivity index (χ3n) is 5.35. The Hall–Kier alpha value is -3.49. The molecule has 1 saturated heterocycles. The van der Waals surface area contributed by atoms with Crippen LogP contribution in [-0.2, 0) is 11.2 Å². The molecule has 0 aliphatic carbocycles. The Morgan fingerprint density at radius 2 is 2.10 bits per heavy atom. The van der Waals surface area contributed by atoms with Crippen molar-refractivity contribution in [2.75, 3.05) is 13.3 Å². The number of halogens is 1. The fraction of sp³-hybridized carbons (Fsp3) is 0.300. The Balaban J connectivity index is 1.33. The number of ether oxygens (including phenoxy) is 2. The number of benzene rings is 2. The second-order valence-corrected chi connectivity index (χ2v) is 7.08. The Morgan fingerprint density at radius 3 is 2.93 bits per heavy atom. The van der Waals surface area contributed by atoms with E-state index in [0.29, 0.717) is 35.0 Å². The van der Waals surface area contributed by atoms with Gasteiger partial charge in [0.25, 0.3) is 0 Å². The average Bonchev–Trinajstić information content (AvgIpc) is 3.49. The Bertz CT molecular complexity index is 1060. The molecule has 1 N–H and O–H groups in total. The number of aromatic amines is 1. The number of hydrogen-bond donors (Lipinski definition) is 1. The van der Waals surface area contributed by atoms with Gasteiger partial charge in [-0.2, -0.15) is 5.21 Å². The summed E-state index contributed by atoms with van der Waals surface area (Å²) in [5.74, 6) is 1.17. The van der Waals surface area contributed by atoms with Crippen LogP contribution in [0.1, 0.15) is 30.0 Å². The van der Waals surface area contributed by atoms with Crippen LogP contribution in [0.25, 0.3) is 11.4 Å². The largest absolute Gasteiger partial charge is 0.454 e. The summed E-state index contributed by atoms with van der Waals surface area (Å²) in [7, 11) is 0. The number of aromatic nitrogens is 4. The second-order valence-electron chi connectivity index (χ2n) is 7.08. The molecule has 3 heterocycles. The van der Waals surface area contributed by atoms with Gasteiger partial charge >= 0.3 is 0 Å². The topological polar surface area (TPSA) is 93.2 Å². The van der Waals surface area contributed by atoms with Gasteiger partial charge < -0.3 is 14.4 Å². The van der Waals surface area contributed by atoms with Crippen molar-refractivity contribution in [2.45, 2.75) is 25.3 Å². The van der Waals surface area contributed by atoms with Crippen molar-refractivity contribution < 1.29 is 18.7 Å². The van der Waals surface area contributed by atoms with Gasteiger partial charge in [0.05, 0.1) is 12.5 Å². The number of nitrogens with one attached hydrogen (secondary N) is 1. The first-order chi connectivity index (χ1) is 14.2. The van der Waals surface area contributed by atoms with Crippen molar-refractivity contribution in [3.05, 3.63) is 53.3 Å². The number of amides is 1. The fourth-order valence-electron chi connectivity index (χ4n) is 3.91. The highest BCUT2D eigenvalue weighted by molar-refractivity contribution is 5.80. The van der Waals surface area contributed by atoms with Crippen molar-refractivity contribution in [3.8, 4) is 22.9 Å². The maximum absolute atomic E-state index is 14.6. The molecule has 1 atom stereocenters. The van der Waals surface area contributed by atoms with E-state index in [1.54, 1.807) is 12.1 Å². The molecule has 2 aromatic carbocycles.